The highest BCUT2D eigenvalue weighted by Crippen LogP contribution is 2.18. The molecule has 1 aliphatic rings. The van der Waals surface area contributed by atoms with Crippen LogP contribution in [0.2, 0.25) is 0 Å². The van der Waals surface area contributed by atoms with E-state index in [1.165, 1.54) is 0 Å². The number of rotatable bonds is 6. The second-order valence-electron chi connectivity index (χ2n) is 5.02. The Morgan fingerprint density at radius 3 is 2.76 bits per heavy atom. The van der Waals surface area contributed by atoms with Crippen molar-refractivity contribution in [2.45, 2.75) is 57.5 Å². The molecule has 1 aliphatic heterocycles. The van der Waals surface area contributed by atoms with Crippen LogP contribution >= 0.6 is 0 Å². The summed E-state index contributed by atoms with van der Waals surface area (Å²) in [6.45, 7) is 4.72. The average Bonchev–Trinajstić information content (AvgIpc) is 2.66. The highest BCUT2D eigenvalue weighted by Gasteiger charge is 2.36. The van der Waals surface area contributed by atoms with E-state index in [-0.39, 0.29) is 18.4 Å². The normalized spacial score (nSPS) is 25.5. The van der Waals surface area contributed by atoms with Crippen LogP contribution in [0.4, 0.5) is 0 Å². The molecule has 2 atom stereocenters. The molecule has 1 saturated heterocycles. The van der Waals surface area contributed by atoms with Crippen molar-refractivity contribution in [2.24, 2.45) is 0 Å². The maximum atomic E-state index is 12.0. The maximum Gasteiger partial charge on any atom is 0.303 e. The van der Waals surface area contributed by atoms with Crippen LogP contribution < -0.4 is 10.6 Å². The molecule has 0 saturated carbocycles. The molecule has 5 nitrogen and oxygen atoms in total. The van der Waals surface area contributed by atoms with Gasteiger partial charge in [-0.3, -0.25) is 9.59 Å². The molecule has 2 unspecified atom stereocenters. The first-order valence-corrected chi connectivity index (χ1v) is 6.22. The van der Waals surface area contributed by atoms with E-state index in [2.05, 4.69) is 10.6 Å². The van der Waals surface area contributed by atoms with Crippen molar-refractivity contribution < 1.29 is 14.7 Å². The summed E-state index contributed by atoms with van der Waals surface area (Å²) >= 11 is 0. The number of hydrogen-bond acceptors (Lipinski definition) is 3. The van der Waals surface area contributed by atoms with Gasteiger partial charge in [0.1, 0.15) is 0 Å². The second-order valence-corrected chi connectivity index (χ2v) is 5.02. The first-order valence-electron chi connectivity index (χ1n) is 6.22. The minimum absolute atomic E-state index is 0.0258. The Morgan fingerprint density at radius 1 is 1.53 bits per heavy atom. The van der Waals surface area contributed by atoms with Crippen LogP contribution in [-0.4, -0.2) is 35.1 Å². The van der Waals surface area contributed by atoms with Gasteiger partial charge >= 0.3 is 5.97 Å². The molecule has 1 heterocycles. The van der Waals surface area contributed by atoms with Crippen molar-refractivity contribution in [3.8, 4) is 0 Å². The summed E-state index contributed by atoms with van der Waals surface area (Å²) in [4.78, 5) is 22.4. The van der Waals surface area contributed by atoms with E-state index in [0.29, 0.717) is 12.8 Å². The van der Waals surface area contributed by atoms with E-state index in [0.717, 1.165) is 19.4 Å². The zero-order valence-corrected chi connectivity index (χ0v) is 10.6. The Hall–Kier alpha value is -1.10. The monoisotopic (exact) mass is 242 g/mol. The van der Waals surface area contributed by atoms with E-state index in [9.17, 15) is 9.59 Å². The zero-order chi connectivity index (χ0) is 12.9. The predicted octanol–water partition coefficient (Wildman–Crippen LogP) is 0.888. The number of nitrogens with one attached hydrogen (secondary N) is 2. The second kappa shape index (κ2) is 6.00. The van der Waals surface area contributed by atoms with Gasteiger partial charge in [0.15, 0.2) is 0 Å². The molecule has 3 N–H and O–H groups in total. The van der Waals surface area contributed by atoms with E-state index in [4.69, 9.17) is 5.11 Å². The van der Waals surface area contributed by atoms with Gasteiger partial charge < -0.3 is 15.7 Å². The molecule has 1 amide bonds. The highest BCUT2D eigenvalue weighted by molar-refractivity contribution is 5.86. The number of carboxylic acid groups (broad SMARTS) is 1. The van der Waals surface area contributed by atoms with Gasteiger partial charge in [-0.2, -0.15) is 0 Å². The quantitative estimate of drug-likeness (QED) is 0.646. The zero-order valence-electron chi connectivity index (χ0n) is 10.6. The summed E-state index contributed by atoms with van der Waals surface area (Å²) in [6.07, 6.45) is 3.35. The van der Waals surface area contributed by atoms with E-state index < -0.39 is 11.5 Å². The molecule has 0 bridgehead atoms. The van der Waals surface area contributed by atoms with Gasteiger partial charge in [-0.25, -0.2) is 0 Å². The molecule has 0 aromatic carbocycles. The van der Waals surface area contributed by atoms with Crippen LogP contribution in [0.1, 0.15) is 46.0 Å². The fourth-order valence-corrected chi connectivity index (χ4v) is 2.10. The predicted molar refractivity (Wildman–Crippen MR) is 64.7 cm³/mol. The average molecular weight is 242 g/mol. The van der Waals surface area contributed by atoms with Gasteiger partial charge in [-0.05, 0) is 46.1 Å². The number of carbonyl (C=O) groups is 2. The van der Waals surface area contributed by atoms with E-state index in [1.807, 2.05) is 13.8 Å². The van der Waals surface area contributed by atoms with Crippen LogP contribution in [0.15, 0.2) is 0 Å². The Kier molecular flexibility index (Phi) is 4.93. The van der Waals surface area contributed by atoms with Gasteiger partial charge in [-0.1, -0.05) is 0 Å². The molecule has 98 valence electrons. The molecular weight excluding hydrogens is 220 g/mol. The summed E-state index contributed by atoms with van der Waals surface area (Å²) in [5, 5.41) is 14.7. The first-order chi connectivity index (χ1) is 7.94. The molecule has 17 heavy (non-hydrogen) atoms. The third-order valence-electron chi connectivity index (χ3n) is 3.28. The minimum Gasteiger partial charge on any atom is -0.481 e. The topological polar surface area (TPSA) is 78.4 Å². The van der Waals surface area contributed by atoms with Crippen molar-refractivity contribution in [3.05, 3.63) is 0 Å². The Bertz CT molecular complexity index is 285. The van der Waals surface area contributed by atoms with Gasteiger partial charge in [0.2, 0.25) is 5.91 Å². The van der Waals surface area contributed by atoms with Crippen LogP contribution in [0, 0.1) is 0 Å². The van der Waals surface area contributed by atoms with Crippen LogP contribution in [0.5, 0.6) is 0 Å². The Morgan fingerprint density at radius 2 is 2.24 bits per heavy atom. The SMILES string of the molecule is CC(CCCC(=O)O)NC(=O)C1(C)CCCN1. The van der Waals surface area contributed by atoms with Gasteiger partial charge in [0.25, 0.3) is 0 Å². The van der Waals surface area contributed by atoms with Gasteiger partial charge in [-0.15, -0.1) is 0 Å². The van der Waals surface area contributed by atoms with Crippen LogP contribution in [0.3, 0.4) is 0 Å². The number of aliphatic carboxylic acids is 1. The largest absolute Gasteiger partial charge is 0.481 e. The number of carbonyl (C=O) groups excluding carboxylic acids is 1. The third-order valence-corrected chi connectivity index (χ3v) is 3.28. The molecule has 5 heteroatoms. The summed E-state index contributed by atoms with van der Waals surface area (Å²) < 4.78 is 0. The summed E-state index contributed by atoms with van der Waals surface area (Å²) in [5.74, 6) is -0.759. The molecule has 0 radical (unpaired) electrons. The van der Waals surface area contributed by atoms with Gasteiger partial charge in [0.05, 0.1) is 5.54 Å². The minimum atomic E-state index is -0.784. The van der Waals surface area contributed by atoms with Crippen molar-refractivity contribution in [2.75, 3.05) is 6.54 Å². The smallest absolute Gasteiger partial charge is 0.303 e. The summed E-state index contributed by atoms with van der Waals surface area (Å²) in [5.41, 5.74) is -0.443. The Labute approximate surface area is 102 Å². The lowest BCUT2D eigenvalue weighted by Gasteiger charge is -2.25. The van der Waals surface area contributed by atoms with Crippen LogP contribution in [-0.2, 0) is 9.59 Å². The van der Waals surface area contributed by atoms with Crippen LogP contribution in [0.25, 0.3) is 0 Å². The van der Waals surface area contributed by atoms with Crippen molar-refractivity contribution in [1.29, 1.82) is 0 Å². The molecular formula is C12H22N2O3. The fourth-order valence-electron chi connectivity index (χ4n) is 2.10. The first kappa shape index (κ1) is 14.0. The van der Waals surface area contributed by atoms with Crippen molar-refractivity contribution in [1.82, 2.24) is 10.6 Å². The standard InChI is InChI=1S/C12H22N2O3/c1-9(5-3-6-10(15)16)14-11(17)12(2)7-4-8-13-12/h9,13H,3-8H2,1-2H3,(H,14,17)(H,15,16). The lowest BCUT2D eigenvalue weighted by molar-refractivity contribution is -0.137. The molecule has 0 spiro atoms. The summed E-state index contributed by atoms with van der Waals surface area (Å²) in [7, 11) is 0. The third kappa shape index (κ3) is 4.34. The summed E-state index contributed by atoms with van der Waals surface area (Å²) in [6, 6.07) is 0.0288. The molecule has 1 rings (SSSR count). The number of amides is 1. The number of carboxylic acids is 1. The number of hydrogen-bond donors (Lipinski definition) is 3. The molecule has 1 fully saturated rings. The highest BCUT2D eigenvalue weighted by atomic mass is 16.4. The Balaban J connectivity index is 2.28. The lowest BCUT2D eigenvalue weighted by Crippen LogP contribution is -2.53. The van der Waals surface area contributed by atoms with Gasteiger partial charge in [0, 0.05) is 12.5 Å². The molecule has 0 aromatic rings. The molecule has 0 aliphatic carbocycles. The van der Waals surface area contributed by atoms with E-state index >= 15 is 0 Å². The molecule has 0 aromatic heterocycles. The maximum absolute atomic E-state index is 12.0. The lowest BCUT2D eigenvalue weighted by atomic mass is 9.98. The van der Waals surface area contributed by atoms with Crippen molar-refractivity contribution in [3.63, 3.8) is 0 Å². The fraction of sp³-hybridized carbons (Fsp3) is 0.833. The van der Waals surface area contributed by atoms with E-state index in [1.54, 1.807) is 0 Å². The van der Waals surface area contributed by atoms with Crippen molar-refractivity contribution >= 4 is 11.9 Å².